The van der Waals surface area contributed by atoms with Crippen LogP contribution in [0.25, 0.3) is 0 Å². The summed E-state index contributed by atoms with van der Waals surface area (Å²) in [6.45, 7) is 0.908. The maximum Gasteiger partial charge on any atom is 0.232 e. The van der Waals surface area contributed by atoms with Crippen LogP contribution in [-0.2, 0) is 14.8 Å². The van der Waals surface area contributed by atoms with E-state index in [-0.39, 0.29) is 12.5 Å². The van der Waals surface area contributed by atoms with Crippen molar-refractivity contribution >= 4 is 33.4 Å². The van der Waals surface area contributed by atoms with E-state index in [0.29, 0.717) is 30.8 Å². The van der Waals surface area contributed by atoms with Gasteiger partial charge >= 0.3 is 0 Å². The average Bonchev–Trinajstić information content (AvgIpc) is 2.68. The Morgan fingerprint density at radius 2 is 1.96 bits per heavy atom. The largest absolute Gasteiger partial charge is 0.495 e. The third-order valence-corrected chi connectivity index (χ3v) is 7.41. The van der Waals surface area contributed by atoms with Crippen molar-refractivity contribution in [1.82, 2.24) is 5.32 Å². The molecule has 0 heterocycles. The minimum Gasteiger partial charge on any atom is -0.495 e. The SMILES string of the molecule is COc1ccccc1N(CCCC(=O)NCCSC1CCCCC1)S(C)(=O)=O. The summed E-state index contributed by atoms with van der Waals surface area (Å²) >= 11 is 1.96. The van der Waals surface area contributed by atoms with Gasteiger partial charge in [-0.25, -0.2) is 8.42 Å². The lowest BCUT2D eigenvalue weighted by Gasteiger charge is -2.24. The normalized spacial score (nSPS) is 15.2. The van der Waals surface area contributed by atoms with E-state index in [1.807, 2.05) is 11.8 Å². The van der Waals surface area contributed by atoms with Crippen LogP contribution in [-0.4, -0.2) is 51.8 Å². The first-order valence-electron chi connectivity index (χ1n) is 9.91. The van der Waals surface area contributed by atoms with E-state index in [4.69, 9.17) is 4.74 Å². The maximum atomic E-state index is 12.2. The Bertz CT molecular complexity index is 719. The number of methoxy groups -OCH3 is 1. The van der Waals surface area contributed by atoms with Crippen LogP contribution < -0.4 is 14.4 Å². The van der Waals surface area contributed by atoms with Gasteiger partial charge in [0.2, 0.25) is 15.9 Å². The first kappa shape index (κ1) is 22.9. The van der Waals surface area contributed by atoms with Gasteiger partial charge in [0, 0.05) is 30.5 Å². The van der Waals surface area contributed by atoms with Crippen molar-refractivity contribution in [2.75, 3.05) is 36.5 Å². The highest BCUT2D eigenvalue weighted by atomic mass is 32.2. The molecule has 1 saturated carbocycles. The van der Waals surface area contributed by atoms with E-state index in [1.165, 1.54) is 49.8 Å². The van der Waals surface area contributed by atoms with Crippen LogP contribution in [0.5, 0.6) is 5.75 Å². The van der Waals surface area contributed by atoms with Gasteiger partial charge in [-0.05, 0) is 31.4 Å². The fourth-order valence-electron chi connectivity index (χ4n) is 3.42. The Hall–Kier alpha value is -1.41. The summed E-state index contributed by atoms with van der Waals surface area (Å²) in [5.41, 5.74) is 0.497. The summed E-state index contributed by atoms with van der Waals surface area (Å²) in [6.07, 6.45) is 8.52. The minimum atomic E-state index is -3.46. The van der Waals surface area contributed by atoms with Crippen LogP contribution in [0.15, 0.2) is 24.3 Å². The number of carbonyl (C=O) groups is 1. The second-order valence-electron chi connectivity index (χ2n) is 7.09. The van der Waals surface area contributed by atoms with Gasteiger partial charge in [-0.2, -0.15) is 11.8 Å². The topological polar surface area (TPSA) is 75.7 Å². The molecule has 6 nitrogen and oxygen atoms in total. The number of rotatable bonds is 11. The molecule has 1 aromatic carbocycles. The Labute approximate surface area is 173 Å². The molecular weight excluding hydrogens is 396 g/mol. The summed E-state index contributed by atoms with van der Waals surface area (Å²) in [7, 11) is -1.95. The van der Waals surface area contributed by atoms with Gasteiger partial charge in [-0.15, -0.1) is 0 Å². The van der Waals surface area contributed by atoms with E-state index in [1.54, 1.807) is 24.3 Å². The Morgan fingerprint density at radius 3 is 2.64 bits per heavy atom. The molecule has 0 spiro atoms. The Balaban J connectivity index is 1.75. The van der Waals surface area contributed by atoms with Crippen LogP contribution in [0.2, 0.25) is 0 Å². The second-order valence-corrected chi connectivity index (χ2v) is 10.4. The minimum absolute atomic E-state index is 0.0299. The summed E-state index contributed by atoms with van der Waals surface area (Å²) in [6, 6.07) is 7.00. The summed E-state index contributed by atoms with van der Waals surface area (Å²) in [5.74, 6) is 1.41. The predicted molar refractivity (Wildman–Crippen MR) is 117 cm³/mol. The van der Waals surface area contributed by atoms with Crippen molar-refractivity contribution in [2.45, 2.75) is 50.2 Å². The van der Waals surface area contributed by atoms with Crippen molar-refractivity contribution in [3.8, 4) is 5.75 Å². The molecule has 0 radical (unpaired) electrons. The average molecular weight is 429 g/mol. The number of ether oxygens (including phenoxy) is 1. The van der Waals surface area contributed by atoms with Crippen molar-refractivity contribution in [1.29, 1.82) is 0 Å². The number of amides is 1. The standard InChI is InChI=1S/C20H32N2O4S2/c1-26-19-12-7-6-11-18(19)22(28(2,24)25)15-8-13-20(23)21-14-16-27-17-9-4-3-5-10-17/h6-7,11-12,17H,3-5,8-10,13-16H2,1-2H3,(H,21,23). The summed E-state index contributed by atoms with van der Waals surface area (Å²) in [5, 5.41) is 3.69. The van der Waals surface area contributed by atoms with Crippen LogP contribution in [0.1, 0.15) is 44.9 Å². The number of sulfonamides is 1. The quantitative estimate of drug-likeness (QED) is 0.547. The first-order chi connectivity index (χ1) is 13.4. The molecule has 1 aromatic rings. The fourth-order valence-corrected chi connectivity index (χ4v) is 5.61. The smallest absolute Gasteiger partial charge is 0.232 e. The van der Waals surface area contributed by atoms with E-state index in [2.05, 4.69) is 5.32 Å². The molecule has 28 heavy (non-hydrogen) atoms. The number of hydrogen-bond donors (Lipinski definition) is 1. The third-order valence-electron chi connectivity index (χ3n) is 4.85. The number of para-hydroxylation sites is 2. The fraction of sp³-hybridized carbons (Fsp3) is 0.650. The third kappa shape index (κ3) is 7.54. The lowest BCUT2D eigenvalue weighted by atomic mass is 10.0. The highest BCUT2D eigenvalue weighted by molar-refractivity contribution is 7.99. The van der Waals surface area contributed by atoms with Gasteiger partial charge in [-0.3, -0.25) is 9.10 Å². The van der Waals surface area contributed by atoms with Crippen LogP contribution in [0.4, 0.5) is 5.69 Å². The van der Waals surface area contributed by atoms with Crippen LogP contribution in [0.3, 0.4) is 0 Å². The van der Waals surface area contributed by atoms with Crippen molar-refractivity contribution < 1.29 is 17.9 Å². The molecule has 158 valence electrons. The number of nitrogens with zero attached hydrogens (tertiary/aromatic N) is 1. The molecule has 1 N–H and O–H groups in total. The number of benzene rings is 1. The molecule has 2 rings (SSSR count). The molecule has 8 heteroatoms. The van der Waals surface area contributed by atoms with E-state index in [0.717, 1.165) is 11.0 Å². The summed E-state index contributed by atoms with van der Waals surface area (Å²) < 4.78 is 31.0. The molecule has 0 unspecified atom stereocenters. The first-order valence-corrected chi connectivity index (χ1v) is 12.8. The zero-order chi connectivity index (χ0) is 20.4. The highest BCUT2D eigenvalue weighted by Gasteiger charge is 2.21. The molecule has 1 aliphatic carbocycles. The molecule has 1 fully saturated rings. The van der Waals surface area contributed by atoms with Crippen LogP contribution >= 0.6 is 11.8 Å². The lowest BCUT2D eigenvalue weighted by molar-refractivity contribution is -0.121. The summed E-state index contributed by atoms with van der Waals surface area (Å²) in [4.78, 5) is 12.1. The number of thioether (sulfide) groups is 1. The molecule has 0 atom stereocenters. The van der Waals surface area contributed by atoms with Gasteiger partial charge in [0.15, 0.2) is 0 Å². The molecule has 0 aliphatic heterocycles. The van der Waals surface area contributed by atoms with Gasteiger partial charge in [-0.1, -0.05) is 31.4 Å². The van der Waals surface area contributed by atoms with Gasteiger partial charge in [0.1, 0.15) is 5.75 Å². The van der Waals surface area contributed by atoms with Crippen molar-refractivity contribution in [3.05, 3.63) is 24.3 Å². The monoisotopic (exact) mass is 428 g/mol. The highest BCUT2D eigenvalue weighted by Crippen LogP contribution is 2.30. The van der Waals surface area contributed by atoms with E-state index in [9.17, 15) is 13.2 Å². The lowest BCUT2D eigenvalue weighted by Crippen LogP contribution is -2.32. The number of anilines is 1. The molecule has 1 aliphatic rings. The van der Waals surface area contributed by atoms with Gasteiger partial charge in [0.25, 0.3) is 0 Å². The zero-order valence-corrected chi connectivity index (χ0v) is 18.5. The van der Waals surface area contributed by atoms with E-state index < -0.39 is 10.0 Å². The van der Waals surface area contributed by atoms with Gasteiger partial charge in [0.05, 0.1) is 19.1 Å². The molecule has 0 aromatic heterocycles. The Morgan fingerprint density at radius 1 is 1.25 bits per heavy atom. The number of hydrogen-bond acceptors (Lipinski definition) is 5. The van der Waals surface area contributed by atoms with Crippen molar-refractivity contribution in [3.63, 3.8) is 0 Å². The molecule has 0 bridgehead atoms. The molecule has 1 amide bonds. The van der Waals surface area contributed by atoms with Gasteiger partial charge < -0.3 is 10.1 Å². The van der Waals surface area contributed by atoms with Crippen molar-refractivity contribution in [2.24, 2.45) is 0 Å². The van der Waals surface area contributed by atoms with E-state index >= 15 is 0 Å². The van der Waals surface area contributed by atoms with Crippen LogP contribution in [0, 0.1) is 0 Å². The number of carbonyl (C=O) groups excluding carboxylic acids is 1. The predicted octanol–water partition coefficient (Wildman–Crippen LogP) is 3.42. The number of nitrogens with one attached hydrogen (secondary N) is 1. The maximum absolute atomic E-state index is 12.2. The Kier molecular flexibility index (Phi) is 9.44. The second kappa shape index (κ2) is 11.6. The zero-order valence-electron chi connectivity index (χ0n) is 16.9. The molecular formula is C20H32N2O4S2. The molecule has 0 saturated heterocycles.